The van der Waals surface area contributed by atoms with E-state index in [4.69, 9.17) is 37.3 Å². The SMILES string of the molecule is [B][C@@H]1O[C@H](CO[B][C@@H]2O[C@H](CO)[C@@H](O)C2N=[N+]=[N-])[C@@H](O)[C@H]1OC. The van der Waals surface area contributed by atoms with Gasteiger partial charge in [0.15, 0.2) is 0 Å². The second-order valence-corrected chi connectivity index (χ2v) is 5.31. The van der Waals surface area contributed by atoms with Crippen LogP contribution in [0.25, 0.3) is 10.4 Å². The van der Waals surface area contributed by atoms with Crippen molar-refractivity contribution in [3.8, 4) is 0 Å². The molecular weight excluding hydrogens is 308 g/mol. The maximum atomic E-state index is 9.97. The molecule has 125 valence electrons. The summed E-state index contributed by atoms with van der Waals surface area (Å²) in [6, 6.07) is -2.51. The molecule has 0 aromatic heterocycles. The van der Waals surface area contributed by atoms with Crippen LogP contribution in [0.1, 0.15) is 0 Å². The van der Waals surface area contributed by atoms with Gasteiger partial charge in [0.2, 0.25) is 0 Å². The zero-order valence-electron chi connectivity index (χ0n) is 12.5. The zero-order valence-corrected chi connectivity index (χ0v) is 12.5. The van der Waals surface area contributed by atoms with Crippen molar-refractivity contribution in [2.24, 2.45) is 5.11 Å². The molecule has 1 unspecified atom stereocenters. The summed E-state index contributed by atoms with van der Waals surface area (Å²) in [5, 5.41) is 32.4. The molecule has 2 saturated heterocycles. The van der Waals surface area contributed by atoms with Crippen molar-refractivity contribution in [1.82, 2.24) is 0 Å². The van der Waals surface area contributed by atoms with E-state index < -0.39 is 55.2 Å². The Balaban J connectivity index is 1.85. The second kappa shape index (κ2) is 8.31. The maximum absolute atomic E-state index is 9.97. The fourth-order valence-electron chi connectivity index (χ4n) is 2.66. The van der Waals surface area contributed by atoms with Gasteiger partial charge in [-0.15, -0.1) is 0 Å². The van der Waals surface area contributed by atoms with E-state index in [1.807, 2.05) is 0 Å². The zero-order chi connectivity index (χ0) is 17.0. The molecule has 8 atom stereocenters. The van der Waals surface area contributed by atoms with E-state index in [0.717, 1.165) is 0 Å². The fraction of sp³-hybridized carbons (Fsp3) is 1.00. The lowest BCUT2D eigenvalue weighted by Crippen LogP contribution is -2.38. The molecule has 2 heterocycles. The molecule has 0 spiro atoms. The van der Waals surface area contributed by atoms with Crippen molar-refractivity contribution in [3.63, 3.8) is 0 Å². The van der Waals surface area contributed by atoms with E-state index in [9.17, 15) is 10.2 Å². The molecule has 3 N–H and O–H groups in total. The molecular formula is C11H18B2N3O7. The summed E-state index contributed by atoms with van der Waals surface area (Å²) in [6.07, 6.45) is -4.29. The van der Waals surface area contributed by atoms with Crippen molar-refractivity contribution >= 4 is 15.3 Å². The second-order valence-electron chi connectivity index (χ2n) is 5.31. The number of rotatable bonds is 7. The van der Waals surface area contributed by atoms with Crippen LogP contribution >= 0.6 is 0 Å². The van der Waals surface area contributed by atoms with Gasteiger partial charge in [0.25, 0.3) is 0 Å². The number of aliphatic hydroxyl groups is 3. The smallest absolute Gasteiger partial charge is 0.324 e. The fourth-order valence-corrected chi connectivity index (χ4v) is 2.66. The molecule has 2 aliphatic rings. The summed E-state index contributed by atoms with van der Waals surface area (Å²) >= 11 is 0. The average molecular weight is 326 g/mol. The molecule has 0 bridgehead atoms. The first-order chi connectivity index (χ1) is 11.0. The Labute approximate surface area is 135 Å². The van der Waals surface area contributed by atoms with Gasteiger partial charge in [-0.3, -0.25) is 0 Å². The van der Waals surface area contributed by atoms with Gasteiger partial charge >= 0.3 is 7.48 Å². The minimum atomic E-state index is -1.14. The summed E-state index contributed by atoms with van der Waals surface area (Å²) in [4.78, 5) is 2.65. The number of aliphatic hydroxyl groups excluding tert-OH is 3. The largest absolute Gasteiger partial charge is 0.435 e. The van der Waals surface area contributed by atoms with Crippen molar-refractivity contribution < 1.29 is 34.2 Å². The molecule has 12 heteroatoms. The van der Waals surface area contributed by atoms with Gasteiger partial charge in [-0.25, -0.2) is 0 Å². The lowest BCUT2D eigenvalue weighted by molar-refractivity contribution is -0.0179. The van der Waals surface area contributed by atoms with Crippen LogP contribution in [-0.2, 0) is 18.9 Å². The van der Waals surface area contributed by atoms with E-state index in [0.29, 0.717) is 0 Å². The number of azide groups is 1. The maximum Gasteiger partial charge on any atom is 0.324 e. The molecule has 10 nitrogen and oxygen atoms in total. The van der Waals surface area contributed by atoms with E-state index in [2.05, 4.69) is 10.0 Å². The normalized spacial score (nSPS) is 43.3. The summed E-state index contributed by atoms with van der Waals surface area (Å²) < 4.78 is 21.0. The van der Waals surface area contributed by atoms with Gasteiger partial charge in [-0.05, 0) is 5.53 Å². The van der Waals surface area contributed by atoms with Crippen LogP contribution in [0.2, 0.25) is 0 Å². The topological polar surface area (TPSA) is 146 Å². The predicted octanol–water partition coefficient (Wildman–Crippen LogP) is -2.35. The molecule has 23 heavy (non-hydrogen) atoms. The third-order valence-corrected chi connectivity index (χ3v) is 3.90. The lowest BCUT2D eigenvalue weighted by atomic mass is 9.84. The van der Waals surface area contributed by atoms with Crippen molar-refractivity contribution in [1.29, 1.82) is 0 Å². The highest BCUT2D eigenvalue weighted by Crippen LogP contribution is 2.25. The van der Waals surface area contributed by atoms with Crippen LogP contribution in [0, 0.1) is 0 Å². The number of nitrogens with zero attached hydrogens (tertiary/aromatic N) is 3. The highest BCUT2D eigenvalue weighted by atomic mass is 16.6. The predicted molar refractivity (Wildman–Crippen MR) is 77.6 cm³/mol. The van der Waals surface area contributed by atoms with Crippen molar-refractivity contribution in [3.05, 3.63) is 10.4 Å². The quantitative estimate of drug-likeness (QED) is 0.205. The third kappa shape index (κ3) is 3.98. The van der Waals surface area contributed by atoms with Crippen LogP contribution in [-0.4, -0.2) is 99.5 Å². The van der Waals surface area contributed by atoms with Crippen LogP contribution in [0.5, 0.6) is 0 Å². The van der Waals surface area contributed by atoms with Gasteiger partial charge in [0.05, 0.1) is 31.4 Å². The van der Waals surface area contributed by atoms with Gasteiger partial charge in [0, 0.05) is 18.0 Å². The Hall–Kier alpha value is -0.840. The Morgan fingerprint density at radius 3 is 2.61 bits per heavy atom. The van der Waals surface area contributed by atoms with Crippen molar-refractivity contribution in [2.75, 3.05) is 20.3 Å². The molecule has 3 radical (unpaired) electrons. The van der Waals surface area contributed by atoms with Gasteiger partial charge in [0.1, 0.15) is 32.3 Å². The number of methoxy groups -OCH3 is 1. The van der Waals surface area contributed by atoms with E-state index in [1.165, 1.54) is 14.6 Å². The molecule has 0 aromatic rings. The first-order valence-corrected chi connectivity index (χ1v) is 7.09. The van der Waals surface area contributed by atoms with E-state index in [-0.39, 0.29) is 6.61 Å². The summed E-state index contributed by atoms with van der Waals surface area (Å²) in [6.45, 7) is -0.449. The van der Waals surface area contributed by atoms with Gasteiger partial charge in [-0.2, -0.15) is 0 Å². The molecule has 2 aliphatic heterocycles. The van der Waals surface area contributed by atoms with Crippen molar-refractivity contribution in [2.45, 2.75) is 48.6 Å². The van der Waals surface area contributed by atoms with Gasteiger partial charge < -0.3 is 34.2 Å². The lowest BCUT2D eigenvalue weighted by Gasteiger charge is -2.18. The number of hydrogen-bond donors (Lipinski definition) is 3. The number of hydrogen-bond acceptors (Lipinski definition) is 8. The molecule has 0 saturated carbocycles. The third-order valence-electron chi connectivity index (χ3n) is 3.90. The minimum Gasteiger partial charge on any atom is -0.435 e. The van der Waals surface area contributed by atoms with Crippen LogP contribution < -0.4 is 0 Å². The van der Waals surface area contributed by atoms with E-state index >= 15 is 0 Å². The van der Waals surface area contributed by atoms with Crippen LogP contribution in [0.15, 0.2) is 5.11 Å². The molecule has 2 fully saturated rings. The Bertz CT molecular complexity index is 442. The minimum absolute atomic E-state index is 0.0303. The highest BCUT2D eigenvalue weighted by Gasteiger charge is 2.45. The first kappa shape index (κ1) is 18.5. The van der Waals surface area contributed by atoms with E-state index in [1.54, 1.807) is 0 Å². The monoisotopic (exact) mass is 326 g/mol. The number of ether oxygens (including phenoxy) is 3. The summed E-state index contributed by atoms with van der Waals surface area (Å²) in [7, 11) is 8.32. The highest BCUT2D eigenvalue weighted by molar-refractivity contribution is 6.29. The Morgan fingerprint density at radius 2 is 2.04 bits per heavy atom. The summed E-state index contributed by atoms with van der Waals surface area (Å²) in [5.41, 5.74) is 8.53. The summed E-state index contributed by atoms with van der Waals surface area (Å²) in [5.74, 6) is 0. The standard InChI is InChI=1S/C11H18B2N3O7/c1-20-9-8(19)5(22-10(9)12)3-21-13-11-6(15-16-14)7(18)4(2-17)23-11/h4-11,17-19H,2-3H2,1H3/t4-,5-,6?,7-,8-,9-,10-,11-/m1/s1. The average Bonchev–Trinajstić information content (AvgIpc) is 2.98. The van der Waals surface area contributed by atoms with Gasteiger partial charge in [-0.1, -0.05) is 5.11 Å². The Morgan fingerprint density at radius 1 is 1.30 bits per heavy atom. The molecule has 0 aromatic carbocycles. The molecule has 0 amide bonds. The van der Waals surface area contributed by atoms with Crippen LogP contribution in [0.3, 0.4) is 0 Å². The van der Waals surface area contributed by atoms with Crippen LogP contribution in [0.4, 0.5) is 0 Å². The molecule has 2 rings (SSSR count). The first-order valence-electron chi connectivity index (χ1n) is 7.09. The Kier molecular flexibility index (Phi) is 6.69. The molecule has 0 aliphatic carbocycles.